The molecule has 9 heteroatoms. The highest BCUT2D eigenvalue weighted by molar-refractivity contribution is 5.85. The van der Waals surface area contributed by atoms with Crippen molar-refractivity contribution in [3.8, 4) is 0 Å². The van der Waals surface area contributed by atoms with E-state index in [9.17, 15) is 29.4 Å². The first kappa shape index (κ1) is 20.9. The number of carbonyl (C=O) groups is 4. The number of aliphatic carboxylic acids is 2. The number of carboxylic acid groups (broad SMARTS) is 2. The molecule has 2 aliphatic heterocycles. The van der Waals surface area contributed by atoms with Crippen molar-refractivity contribution in [1.29, 1.82) is 0 Å². The average Bonchev–Trinajstić information content (AvgIpc) is 3.04. The van der Waals surface area contributed by atoms with Crippen LogP contribution in [-0.4, -0.2) is 88.7 Å². The second-order valence-corrected chi connectivity index (χ2v) is 7.75. The molecular formula is C20H26N3O6+. The average molecular weight is 404 g/mol. The second kappa shape index (κ2) is 8.71. The van der Waals surface area contributed by atoms with E-state index < -0.39 is 34.9 Å². The van der Waals surface area contributed by atoms with E-state index in [2.05, 4.69) is 5.32 Å². The summed E-state index contributed by atoms with van der Waals surface area (Å²) in [5.74, 6) is -2.82. The summed E-state index contributed by atoms with van der Waals surface area (Å²) < 4.78 is -0.450. The lowest BCUT2D eigenvalue weighted by Gasteiger charge is -2.44. The molecule has 2 amide bonds. The SMILES string of the molecule is O=C(O)CC1CNCC[N+]1(CC(=O)O)C(=O)CN1CC(c2ccccc2)CC1=O. The number of piperazine rings is 1. The fourth-order valence-corrected chi connectivity index (χ4v) is 4.40. The minimum atomic E-state index is -1.16. The van der Waals surface area contributed by atoms with Crippen molar-refractivity contribution in [2.24, 2.45) is 0 Å². The number of benzene rings is 1. The van der Waals surface area contributed by atoms with Crippen LogP contribution >= 0.6 is 0 Å². The van der Waals surface area contributed by atoms with Gasteiger partial charge >= 0.3 is 17.8 Å². The van der Waals surface area contributed by atoms with Crippen molar-refractivity contribution in [2.45, 2.75) is 24.8 Å². The first-order valence-electron chi connectivity index (χ1n) is 9.69. The van der Waals surface area contributed by atoms with Crippen molar-refractivity contribution < 1.29 is 33.9 Å². The normalized spacial score (nSPS) is 27.0. The quantitative estimate of drug-likeness (QED) is 0.541. The van der Waals surface area contributed by atoms with Gasteiger partial charge in [0.1, 0.15) is 12.6 Å². The highest BCUT2D eigenvalue weighted by atomic mass is 16.4. The van der Waals surface area contributed by atoms with Gasteiger partial charge in [0.05, 0.1) is 13.0 Å². The number of carboxylic acids is 2. The Hall–Kier alpha value is -2.78. The monoisotopic (exact) mass is 404 g/mol. The van der Waals surface area contributed by atoms with Crippen LogP contribution in [0.1, 0.15) is 24.3 Å². The van der Waals surface area contributed by atoms with Crippen LogP contribution in [0.4, 0.5) is 0 Å². The molecule has 2 fully saturated rings. The highest BCUT2D eigenvalue weighted by Gasteiger charge is 2.49. The predicted octanol–water partition coefficient (Wildman–Crippen LogP) is -0.123. The largest absolute Gasteiger partial charge is 0.481 e. The standard InChI is InChI=1S/C20H25N3O6/c24-17-8-15(14-4-2-1-3-5-14)11-22(17)12-18(25)23(13-20(28)29)7-6-21-10-16(23)9-19(26)27/h1-5,15-16,21H,6-13H2,(H-,26,27,28,29)/p+1. The molecule has 0 spiro atoms. The Morgan fingerprint density at radius 3 is 2.52 bits per heavy atom. The topological polar surface area (TPSA) is 124 Å². The lowest BCUT2D eigenvalue weighted by atomic mass is 9.98. The number of hydrogen-bond acceptors (Lipinski definition) is 5. The van der Waals surface area contributed by atoms with E-state index in [4.69, 9.17) is 0 Å². The molecule has 1 aromatic rings. The van der Waals surface area contributed by atoms with E-state index in [0.29, 0.717) is 19.5 Å². The maximum atomic E-state index is 13.3. The second-order valence-electron chi connectivity index (χ2n) is 7.75. The van der Waals surface area contributed by atoms with E-state index in [1.807, 2.05) is 30.3 Å². The van der Waals surface area contributed by atoms with Gasteiger partial charge in [0, 0.05) is 32.0 Å². The minimum absolute atomic E-state index is 0.0118. The van der Waals surface area contributed by atoms with E-state index in [1.54, 1.807) is 0 Å². The number of quaternary nitrogens is 1. The summed E-state index contributed by atoms with van der Waals surface area (Å²) in [5, 5.41) is 21.7. The number of nitrogens with zero attached hydrogens (tertiary/aromatic N) is 2. The molecule has 0 bridgehead atoms. The summed E-state index contributed by atoms with van der Waals surface area (Å²) in [6.45, 7) is 0.548. The van der Waals surface area contributed by atoms with Crippen LogP contribution < -0.4 is 5.32 Å². The Kier molecular flexibility index (Phi) is 6.29. The van der Waals surface area contributed by atoms with Gasteiger partial charge in [-0.25, -0.2) is 14.1 Å². The molecule has 0 aromatic heterocycles. The molecule has 3 N–H and O–H groups in total. The van der Waals surface area contributed by atoms with Gasteiger partial charge in [0.25, 0.3) is 0 Å². The van der Waals surface area contributed by atoms with Gasteiger partial charge in [-0.15, -0.1) is 0 Å². The van der Waals surface area contributed by atoms with Crippen LogP contribution in [0.2, 0.25) is 0 Å². The van der Waals surface area contributed by atoms with E-state index in [0.717, 1.165) is 5.56 Å². The molecule has 29 heavy (non-hydrogen) atoms. The van der Waals surface area contributed by atoms with E-state index in [1.165, 1.54) is 4.90 Å². The first-order chi connectivity index (χ1) is 13.8. The van der Waals surface area contributed by atoms with Crippen LogP contribution in [0.15, 0.2) is 30.3 Å². The van der Waals surface area contributed by atoms with E-state index in [-0.39, 0.29) is 37.9 Å². The molecule has 0 saturated carbocycles. The van der Waals surface area contributed by atoms with Crippen molar-refractivity contribution in [2.75, 3.05) is 39.3 Å². The third kappa shape index (κ3) is 4.63. The Morgan fingerprint density at radius 2 is 1.86 bits per heavy atom. The Labute approximate surface area is 168 Å². The van der Waals surface area contributed by atoms with Crippen LogP contribution in [0.3, 0.4) is 0 Å². The summed E-state index contributed by atoms with van der Waals surface area (Å²) in [7, 11) is 0. The van der Waals surface area contributed by atoms with Crippen molar-refractivity contribution in [3.05, 3.63) is 35.9 Å². The maximum Gasteiger partial charge on any atom is 0.359 e. The molecule has 9 nitrogen and oxygen atoms in total. The van der Waals surface area contributed by atoms with Gasteiger partial charge in [-0.3, -0.25) is 9.59 Å². The summed E-state index contributed by atoms with van der Waals surface area (Å²) in [6.07, 6.45) is -0.0110. The zero-order valence-corrected chi connectivity index (χ0v) is 16.1. The first-order valence-corrected chi connectivity index (χ1v) is 9.69. The van der Waals surface area contributed by atoms with Gasteiger partial charge in [-0.2, -0.15) is 0 Å². The zero-order valence-electron chi connectivity index (χ0n) is 16.1. The molecule has 3 atom stereocenters. The molecule has 2 saturated heterocycles. The molecule has 2 aliphatic rings. The summed E-state index contributed by atoms with van der Waals surface area (Å²) in [6, 6.07) is 8.90. The number of carbonyl (C=O) groups excluding carboxylic acids is 2. The summed E-state index contributed by atoms with van der Waals surface area (Å²) >= 11 is 0. The summed E-state index contributed by atoms with van der Waals surface area (Å²) in [5.41, 5.74) is 1.02. The minimum Gasteiger partial charge on any atom is -0.481 e. The molecule has 3 rings (SSSR count). The number of amides is 2. The maximum absolute atomic E-state index is 13.3. The predicted molar refractivity (Wildman–Crippen MR) is 102 cm³/mol. The number of nitrogens with one attached hydrogen (secondary N) is 1. The zero-order chi connectivity index (χ0) is 21.0. The Bertz CT molecular complexity index is 799. The fourth-order valence-electron chi connectivity index (χ4n) is 4.40. The fraction of sp³-hybridized carbons (Fsp3) is 0.500. The third-order valence-electron chi connectivity index (χ3n) is 5.90. The lowest BCUT2D eigenvalue weighted by Crippen LogP contribution is -2.70. The highest BCUT2D eigenvalue weighted by Crippen LogP contribution is 2.29. The van der Waals surface area contributed by atoms with Crippen molar-refractivity contribution in [3.63, 3.8) is 0 Å². The van der Waals surface area contributed by atoms with Crippen LogP contribution in [0.5, 0.6) is 0 Å². The molecule has 2 heterocycles. The number of hydrogen-bond donors (Lipinski definition) is 3. The smallest absolute Gasteiger partial charge is 0.359 e. The van der Waals surface area contributed by atoms with Gasteiger partial charge < -0.3 is 20.4 Å². The third-order valence-corrected chi connectivity index (χ3v) is 5.90. The van der Waals surface area contributed by atoms with Crippen molar-refractivity contribution >= 4 is 23.8 Å². The van der Waals surface area contributed by atoms with Gasteiger partial charge in [0.2, 0.25) is 5.91 Å². The van der Waals surface area contributed by atoms with Crippen LogP contribution in [-0.2, 0) is 19.2 Å². The van der Waals surface area contributed by atoms with E-state index >= 15 is 0 Å². The number of likely N-dealkylation sites (tertiary alicyclic amines) is 1. The molecular weight excluding hydrogens is 378 g/mol. The number of rotatable bonds is 7. The van der Waals surface area contributed by atoms with Crippen LogP contribution in [0, 0.1) is 0 Å². The molecule has 156 valence electrons. The lowest BCUT2D eigenvalue weighted by molar-refractivity contribution is -0.874. The Morgan fingerprint density at radius 1 is 1.14 bits per heavy atom. The van der Waals surface area contributed by atoms with Crippen LogP contribution in [0.25, 0.3) is 0 Å². The molecule has 1 aromatic carbocycles. The van der Waals surface area contributed by atoms with Crippen molar-refractivity contribution in [1.82, 2.24) is 10.2 Å². The molecule has 3 unspecified atom stereocenters. The molecule has 0 radical (unpaired) electrons. The Balaban J connectivity index is 1.78. The molecule has 0 aliphatic carbocycles. The van der Waals surface area contributed by atoms with Gasteiger partial charge in [0.15, 0.2) is 6.54 Å². The summed E-state index contributed by atoms with van der Waals surface area (Å²) in [4.78, 5) is 50.1. The van der Waals surface area contributed by atoms with Gasteiger partial charge in [-0.05, 0) is 5.56 Å². The van der Waals surface area contributed by atoms with Gasteiger partial charge in [-0.1, -0.05) is 30.3 Å².